The zero-order chi connectivity index (χ0) is 18.4. The van der Waals surface area contributed by atoms with Crippen LogP contribution in [0.1, 0.15) is 37.6 Å². The van der Waals surface area contributed by atoms with E-state index in [1.165, 1.54) is 22.0 Å². The zero-order valence-electron chi connectivity index (χ0n) is 15.8. The van der Waals surface area contributed by atoms with Gasteiger partial charge in [0, 0.05) is 17.4 Å². The first-order chi connectivity index (χ1) is 12.4. The zero-order valence-corrected chi connectivity index (χ0v) is 15.8. The molecule has 2 aromatic rings. The molecule has 1 aliphatic carbocycles. The number of hydrogen-bond acceptors (Lipinski definition) is 2. The first kappa shape index (κ1) is 16.8. The van der Waals surface area contributed by atoms with Crippen molar-refractivity contribution in [2.45, 2.75) is 34.1 Å². The van der Waals surface area contributed by atoms with E-state index in [4.69, 9.17) is 4.99 Å². The normalized spacial score (nSPS) is 18.9. The van der Waals surface area contributed by atoms with Crippen molar-refractivity contribution in [1.29, 1.82) is 0 Å². The lowest BCUT2D eigenvalue weighted by atomic mass is 9.86. The molecule has 0 atom stereocenters. The number of allylic oxidation sites excluding steroid dienone is 6. The van der Waals surface area contributed by atoms with Crippen molar-refractivity contribution in [1.82, 2.24) is 4.98 Å². The van der Waals surface area contributed by atoms with Crippen LogP contribution in [0.2, 0.25) is 0 Å². The maximum Gasteiger partial charge on any atom is 0.181 e. The molecule has 2 aliphatic rings. The summed E-state index contributed by atoms with van der Waals surface area (Å²) in [6, 6.07) is 6.57. The van der Waals surface area contributed by atoms with Gasteiger partial charge in [-0.1, -0.05) is 26.0 Å². The average Bonchev–Trinajstić information content (AvgIpc) is 2.96. The van der Waals surface area contributed by atoms with Crippen LogP contribution in [0.25, 0.3) is 10.9 Å². The van der Waals surface area contributed by atoms with Crippen molar-refractivity contribution in [3.63, 3.8) is 0 Å². The van der Waals surface area contributed by atoms with Crippen LogP contribution in [0, 0.1) is 12.8 Å². The summed E-state index contributed by atoms with van der Waals surface area (Å²) >= 11 is 0. The Morgan fingerprint density at radius 2 is 2.00 bits per heavy atom. The second-order valence-corrected chi connectivity index (χ2v) is 7.59. The number of H-pyrrole nitrogens is 1. The van der Waals surface area contributed by atoms with Gasteiger partial charge in [0.05, 0.1) is 11.4 Å². The topological polar surface area (TPSA) is 45.2 Å². The van der Waals surface area contributed by atoms with Crippen LogP contribution in [0.3, 0.4) is 0 Å². The maximum absolute atomic E-state index is 12.1. The van der Waals surface area contributed by atoms with Gasteiger partial charge in [-0.05, 0) is 78.3 Å². The number of hydrogen-bond donors (Lipinski definition) is 1. The average molecular weight is 344 g/mol. The van der Waals surface area contributed by atoms with Gasteiger partial charge in [-0.15, -0.1) is 0 Å². The monoisotopic (exact) mass is 344 g/mol. The van der Waals surface area contributed by atoms with Crippen LogP contribution in [-0.2, 0) is 11.2 Å². The van der Waals surface area contributed by atoms with E-state index in [0.29, 0.717) is 5.92 Å². The second kappa shape index (κ2) is 6.24. The number of nitrogens with one attached hydrogen (secondary N) is 1. The molecule has 1 N–H and O–H groups in total. The van der Waals surface area contributed by atoms with Crippen LogP contribution in [0.4, 0.5) is 0 Å². The number of ketones is 1. The third-order valence-corrected chi connectivity index (χ3v) is 5.26. The summed E-state index contributed by atoms with van der Waals surface area (Å²) < 4.78 is 0. The predicted molar refractivity (Wildman–Crippen MR) is 108 cm³/mol. The molecule has 1 aliphatic heterocycles. The van der Waals surface area contributed by atoms with Crippen molar-refractivity contribution < 1.29 is 4.79 Å². The van der Waals surface area contributed by atoms with Crippen LogP contribution in [0.15, 0.2) is 58.1 Å². The summed E-state index contributed by atoms with van der Waals surface area (Å²) in [7, 11) is 0. The summed E-state index contributed by atoms with van der Waals surface area (Å²) in [5, 5.41) is 1.29. The third kappa shape index (κ3) is 2.78. The fraction of sp³-hybridized carbons (Fsp3) is 0.304. The fourth-order valence-electron chi connectivity index (χ4n) is 3.83. The van der Waals surface area contributed by atoms with Crippen LogP contribution in [0.5, 0.6) is 0 Å². The van der Waals surface area contributed by atoms with Gasteiger partial charge < -0.3 is 4.98 Å². The van der Waals surface area contributed by atoms with Crippen LogP contribution < -0.4 is 0 Å². The molecule has 0 saturated heterocycles. The number of carbonyl (C=O) groups excluding carboxylic acids is 1. The highest BCUT2D eigenvalue weighted by Crippen LogP contribution is 2.30. The molecule has 26 heavy (non-hydrogen) atoms. The predicted octanol–water partition coefficient (Wildman–Crippen LogP) is 4.86. The lowest BCUT2D eigenvalue weighted by molar-refractivity contribution is -0.111. The number of nitrogens with zero attached hydrogens (tertiary/aromatic N) is 1. The van der Waals surface area contributed by atoms with E-state index >= 15 is 0 Å². The van der Waals surface area contributed by atoms with Crippen molar-refractivity contribution in [2.24, 2.45) is 10.9 Å². The molecular weight excluding hydrogens is 320 g/mol. The van der Waals surface area contributed by atoms with Gasteiger partial charge in [-0.2, -0.15) is 0 Å². The Labute approximate surface area is 154 Å². The number of aliphatic imine (C=N–C) groups is 1. The van der Waals surface area contributed by atoms with Crippen molar-refractivity contribution in [3.05, 3.63) is 70.0 Å². The number of carbonyl (C=O) groups is 1. The Balaban J connectivity index is 1.84. The van der Waals surface area contributed by atoms with E-state index in [-0.39, 0.29) is 5.78 Å². The van der Waals surface area contributed by atoms with E-state index in [1.807, 2.05) is 13.0 Å². The molecule has 0 bridgehead atoms. The quantitative estimate of drug-likeness (QED) is 0.831. The Morgan fingerprint density at radius 1 is 1.19 bits per heavy atom. The molecule has 0 saturated carbocycles. The van der Waals surface area contributed by atoms with E-state index in [9.17, 15) is 4.79 Å². The number of fused-ring (bicyclic) bond motifs is 3. The molecule has 2 heterocycles. The highest BCUT2D eigenvalue weighted by Gasteiger charge is 2.21. The minimum absolute atomic E-state index is 0.109. The van der Waals surface area contributed by atoms with E-state index < -0.39 is 0 Å². The Morgan fingerprint density at radius 3 is 2.77 bits per heavy atom. The Hall–Kier alpha value is -2.68. The molecule has 1 aromatic carbocycles. The molecule has 3 heteroatoms. The fourth-order valence-corrected chi connectivity index (χ4v) is 3.83. The number of rotatable bonds is 2. The first-order valence-corrected chi connectivity index (χ1v) is 9.26. The van der Waals surface area contributed by atoms with Gasteiger partial charge in [0.2, 0.25) is 0 Å². The molecule has 1 aromatic heterocycles. The van der Waals surface area contributed by atoms with Gasteiger partial charge in [0.25, 0.3) is 0 Å². The standard InChI is InChI=1S/C23H24N2O/c1-13(2)19-12-22(26)15(4)10-16(19)11-21-23-18(7-8-24-21)17-6-5-14(3)9-20(17)25-23/h5-6,9-13,25H,7-8H2,1-4H3/b16-11-. The van der Waals surface area contributed by atoms with E-state index in [2.05, 4.69) is 50.0 Å². The highest BCUT2D eigenvalue weighted by atomic mass is 16.1. The largest absolute Gasteiger partial charge is 0.353 e. The van der Waals surface area contributed by atoms with Gasteiger partial charge in [0.15, 0.2) is 5.78 Å². The Kier molecular flexibility index (Phi) is 4.03. The van der Waals surface area contributed by atoms with Gasteiger partial charge in [-0.3, -0.25) is 9.79 Å². The maximum atomic E-state index is 12.1. The first-order valence-electron chi connectivity index (χ1n) is 9.26. The second-order valence-electron chi connectivity index (χ2n) is 7.59. The summed E-state index contributed by atoms with van der Waals surface area (Å²) in [4.78, 5) is 20.5. The third-order valence-electron chi connectivity index (χ3n) is 5.26. The van der Waals surface area contributed by atoms with Gasteiger partial charge in [0.1, 0.15) is 0 Å². The molecule has 132 valence electrons. The van der Waals surface area contributed by atoms with E-state index in [1.54, 1.807) is 6.08 Å². The smallest absolute Gasteiger partial charge is 0.181 e. The van der Waals surface area contributed by atoms with Crippen molar-refractivity contribution >= 4 is 22.4 Å². The summed E-state index contributed by atoms with van der Waals surface area (Å²) in [6.45, 7) is 9.05. The summed E-state index contributed by atoms with van der Waals surface area (Å²) in [5.41, 5.74) is 8.85. The molecule has 0 radical (unpaired) electrons. The molecule has 0 spiro atoms. The molecule has 0 amide bonds. The SMILES string of the molecule is CC1=C/C(=C/C2=NCCc3c2[nH]c2cc(C)ccc32)C(C(C)C)=CC1=O. The molecule has 4 rings (SSSR count). The lowest BCUT2D eigenvalue weighted by Crippen LogP contribution is -2.14. The lowest BCUT2D eigenvalue weighted by Gasteiger charge is -2.19. The number of aryl methyl sites for hydroxylation is 1. The van der Waals surface area contributed by atoms with E-state index in [0.717, 1.165) is 41.1 Å². The van der Waals surface area contributed by atoms with Crippen LogP contribution in [-0.4, -0.2) is 23.0 Å². The van der Waals surface area contributed by atoms with Crippen molar-refractivity contribution in [2.75, 3.05) is 6.54 Å². The molecular formula is C23H24N2O. The van der Waals surface area contributed by atoms with Crippen molar-refractivity contribution in [3.8, 4) is 0 Å². The summed E-state index contributed by atoms with van der Waals surface area (Å²) in [6.07, 6.45) is 6.89. The number of benzene rings is 1. The molecule has 0 unspecified atom stereocenters. The molecule has 3 nitrogen and oxygen atoms in total. The van der Waals surface area contributed by atoms with Gasteiger partial charge >= 0.3 is 0 Å². The highest BCUT2D eigenvalue weighted by molar-refractivity contribution is 6.14. The van der Waals surface area contributed by atoms with Gasteiger partial charge in [-0.25, -0.2) is 0 Å². The van der Waals surface area contributed by atoms with Crippen LogP contribution >= 0.6 is 0 Å². The number of aromatic nitrogens is 1. The summed E-state index contributed by atoms with van der Waals surface area (Å²) in [5.74, 6) is 0.404. The molecule has 0 fully saturated rings. The number of aromatic amines is 1. The Bertz CT molecular complexity index is 1040. The minimum Gasteiger partial charge on any atom is -0.353 e. The minimum atomic E-state index is 0.109.